The van der Waals surface area contributed by atoms with Gasteiger partial charge >= 0.3 is 0 Å². The number of nitrogens with one attached hydrogen (secondary N) is 1. The van der Waals surface area contributed by atoms with Crippen LogP contribution in [0, 0.1) is 0 Å². The molecule has 1 heterocycles. The van der Waals surface area contributed by atoms with Gasteiger partial charge in [-0.3, -0.25) is 4.79 Å². The Kier molecular flexibility index (Phi) is 3.81. The molecule has 0 fully saturated rings. The second-order valence-corrected chi connectivity index (χ2v) is 3.58. The Morgan fingerprint density at radius 2 is 2.06 bits per heavy atom. The summed E-state index contributed by atoms with van der Waals surface area (Å²) in [6.45, 7) is 0. The van der Waals surface area contributed by atoms with Crippen LogP contribution in [0.5, 0.6) is 5.75 Å². The van der Waals surface area contributed by atoms with Crippen molar-refractivity contribution in [1.82, 2.24) is 0 Å². The molecule has 0 unspecified atom stereocenters. The number of methoxy groups -OCH3 is 1. The largest absolute Gasteiger partial charge is 0.497 e. The van der Waals surface area contributed by atoms with E-state index >= 15 is 0 Å². The number of ether oxygens (including phenoxy) is 1. The number of hydrogen-bond donors (Lipinski definition) is 1. The van der Waals surface area contributed by atoms with Gasteiger partial charge in [-0.15, -0.1) is 0 Å². The first-order chi connectivity index (χ1) is 8.79. The molecule has 1 aromatic carbocycles. The Hall–Kier alpha value is -2.49. The molecule has 0 amide bonds. The number of benzene rings is 1. The molecule has 2 aromatic rings. The van der Waals surface area contributed by atoms with Gasteiger partial charge in [-0.2, -0.15) is 0 Å². The van der Waals surface area contributed by atoms with Crippen LogP contribution in [0.2, 0.25) is 0 Å². The molecule has 1 aromatic heterocycles. The Morgan fingerprint density at radius 3 is 2.67 bits per heavy atom. The van der Waals surface area contributed by atoms with Crippen LogP contribution in [0.1, 0.15) is 10.4 Å². The summed E-state index contributed by atoms with van der Waals surface area (Å²) in [5, 5.41) is 3.00. The maximum Gasteiger partial charge on any atom is 0.190 e. The molecule has 0 radical (unpaired) electrons. The van der Waals surface area contributed by atoms with Crippen molar-refractivity contribution < 1.29 is 13.9 Å². The van der Waals surface area contributed by atoms with Crippen molar-refractivity contribution in [2.75, 3.05) is 12.4 Å². The summed E-state index contributed by atoms with van der Waals surface area (Å²) in [7, 11) is 1.62. The first-order valence-corrected chi connectivity index (χ1v) is 5.43. The summed E-state index contributed by atoms with van der Waals surface area (Å²) in [5.41, 5.74) is 1.41. The molecule has 4 nitrogen and oxygen atoms in total. The normalized spacial score (nSPS) is 10.5. The number of carbonyl (C=O) groups excluding carboxylic acids is 1. The van der Waals surface area contributed by atoms with Crippen LogP contribution in [0.4, 0.5) is 5.69 Å². The van der Waals surface area contributed by atoms with Crippen LogP contribution in [0.15, 0.2) is 59.6 Å². The van der Waals surface area contributed by atoms with Gasteiger partial charge in [0.25, 0.3) is 0 Å². The summed E-state index contributed by atoms with van der Waals surface area (Å²) in [6.07, 6.45) is 5.93. The Morgan fingerprint density at radius 1 is 1.28 bits per heavy atom. The Bertz CT molecular complexity index is 527. The van der Waals surface area contributed by atoms with Gasteiger partial charge in [0.15, 0.2) is 5.78 Å². The van der Waals surface area contributed by atoms with Gasteiger partial charge in [0.1, 0.15) is 12.0 Å². The van der Waals surface area contributed by atoms with Crippen molar-refractivity contribution in [3.63, 3.8) is 0 Å². The summed E-state index contributed by atoms with van der Waals surface area (Å²) in [6, 6.07) is 9.04. The highest BCUT2D eigenvalue weighted by atomic mass is 16.5. The van der Waals surface area contributed by atoms with Crippen molar-refractivity contribution >= 4 is 11.5 Å². The molecular formula is C14H13NO3. The number of anilines is 1. The smallest absolute Gasteiger partial charge is 0.190 e. The first kappa shape index (κ1) is 12.0. The number of ketones is 1. The van der Waals surface area contributed by atoms with Gasteiger partial charge in [-0.1, -0.05) is 0 Å². The minimum Gasteiger partial charge on any atom is -0.497 e. The van der Waals surface area contributed by atoms with Gasteiger partial charge < -0.3 is 14.5 Å². The number of hydrogen-bond acceptors (Lipinski definition) is 4. The zero-order valence-electron chi connectivity index (χ0n) is 9.92. The first-order valence-electron chi connectivity index (χ1n) is 5.43. The van der Waals surface area contributed by atoms with Crippen LogP contribution >= 0.6 is 0 Å². The number of rotatable bonds is 5. The van der Waals surface area contributed by atoms with Crippen LogP contribution < -0.4 is 10.1 Å². The lowest BCUT2D eigenvalue weighted by molar-refractivity contribution is 0.104. The van der Waals surface area contributed by atoms with Gasteiger partial charge in [0, 0.05) is 18.0 Å². The topological polar surface area (TPSA) is 51.5 Å². The third kappa shape index (κ3) is 3.01. The third-order valence-electron chi connectivity index (χ3n) is 2.38. The molecule has 18 heavy (non-hydrogen) atoms. The maximum atomic E-state index is 11.6. The van der Waals surface area contributed by atoms with E-state index in [-0.39, 0.29) is 5.78 Å². The third-order valence-corrected chi connectivity index (χ3v) is 2.38. The molecule has 0 saturated carbocycles. The highest BCUT2D eigenvalue weighted by Crippen LogP contribution is 2.14. The molecule has 1 N–H and O–H groups in total. The fourth-order valence-electron chi connectivity index (χ4n) is 1.40. The average Bonchev–Trinajstić information content (AvgIpc) is 2.93. The molecule has 2 rings (SSSR count). The quantitative estimate of drug-likeness (QED) is 0.647. The van der Waals surface area contributed by atoms with Crippen LogP contribution in [-0.2, 0) is 0 Å². The highest BCUT2D eigenvalue weighted by Gasteiger charge is 2.01. The van der Waals surface area contributed by atoms with Crippen molar-refractivity contribution in [2.24, 2.45) is 0 Å². The van der Waals surface area contributed by atoms with Gasteiger partial charge in [-0.25, -0.2) is 0 Å². The van der Waals surface area contributed by atoms with E-state index in [4.69, 9.17) is 9.15 Å². The van der Waals surface area contributed by atoms with Gasteiger partial charge in [0.05, 0.1) is 18.9 Å². The SMILES string of the molecule is COc1ccc(N/C=C/C(=O)c2ccoc2)cc1. The van der Waals surface area contributed by atoms with E-state index in [0.29, 0.717) is 5.56 Å². The minimum absolute atomic E-state index is 0.107. The van der Waals surface area contributed by atoms with Crippen LogP contribution in [-0.4, -0.2) is 12.9 Å². The molecule has 0 spiro atoms. The summed E-state index contributed by atoms with van der Waals surface area (Å²) < 4.78 is 9.89. The lowest BCUT2D eigenvalue weighted by atomic mass is 10.2. The number of furan rings is 1. The van der Waals surface area contributed by atoms with Crippen molar-refractivity contribution in [1.29, 1.82) is 0 Å². The molecule has 0 aliphatic rings. The van der Waals surface area contributed by atoms with Gasteiger partial charge in [0.2, 0.25) is 0 Å². The molecule has 0 atom stereocenters. The predicted octanol–water partition coefficient (Wildman–Crippen LogP) is 3.10. The van der Waals surface area contributed by atoms with E-state index in [1.165, 1.54) is 18.6 Å². The van der Waals surface area contributed by atoms with Gasteiger partial charge in [-0.05, 0) is 30.3 Å². The maximum absolute atomic E-state index is 11.6. The fraction of sp³-hybridized carbons (Fsp3) is 0.0714. The van der Waals surface area contributed by atoms with Crippen LogP contribution in [0.25, 0.3) is 0 Å². The number of carbonyl (C=O) groups is 1. The lowest BCUT2D eigenvalue weighted by Gasteiger charge is -2.02. The van der Waals surface area contributed by atoms with Crippen molar-refractivity contribution in [3.8, 4) is 5.75 Å². The van der Waals surface area contributed by atoms with E-state index in [9.17, 15) is 4.79 Å². The summed E-state index contributed by atoms with van der Waals surface area (Å²) in [4.78, 5) is 11.6. The van der Waals surface area contributed by atoms with Crippen molar-refractivity contribution in [3.05, 3.63) is 60.7 Å². The zero-order chi connectivity index (χ0) is 12.8. The van der Waals surface area contributed by atoms with E-state index in [0.717, 1.165) is 11.4 Å². The summed E-state index contributed by atoms with van der Waals surface area (Å²) in [5.74, 6) is 0.684. The molecule has 0 aliphatic carbocycles. The Labute approximate surface area is 105 Å². The zero-order valence-corrected chi connectivity index (χ0v) is 9.92. The Balaban J connectivity index is 1.92. The highest BCUT2D eigenvalue weighted by molar-refractivity contribution is 6.04. The second-order valence-electron chi connectivity index (χ2n) is 3.58. The van der Waals surface area contributed by atoms with Crippen molar-refractivity contribution in [2.45, 2.75) is 0 Å². The number of allylic oxidation sites excluding steroid dienone is 1. The monoisotopic (exact) mass is 243 g/mol. The standard InChI is InChI=1S/C14H13NO3/c1-17-13-4-2-12(3-5-13)15-8-6-14(16)11-7-9-18-10-11/h2-10,15H,1H3/b8-6+. The molecule has 92 valence electrons. The molecule has 0 saturated heterocycles. The molecule has 4 heteroatoms. The summed E-state index contributed by atoms with van der Waals surface area (Å²) >= 11 is 0. The lowest BCUT2D eigenvalue weighted by Crippen LogP contribution is -1.94. The van der Waals surface area contributed by atoms with Crippen LogP contribution in [0.3, 0.4) is 0 Å². The fourth-order valence-corrected chi connectivity index (χ4v) is 1.40. The van der Waals surface area contributed by atoms with E-state index in [2.05, 4.69) is 5.32 Å². The average molecular weight is 243 g/mol. The van der Waals surface area contributed by atoms with E-state index in [1.54, 1.807) is 19.4 Å². The molecule has 0 aliphatic heterocycles. The van der Waals surface area contributed by atoms with E-state index < -0.39 is 0 Å². The minimum atomic E-state index is -0.107. The molecule has 0 bridgehead atoms. The van der Waals surface area contributed by atoms with E-state index in [1.807, 2.05) is 24.3 Å². The predicted molar refractivity (Wildman–Crippen MR) is 68.8 cm³/mol. The molecular weight excluding hydrogens is 230 g/mol. The second kappa shape index (κ2) is 5.72.